The molecular formula is C22H26ClN3O3. The molecule has 1 saturated heterocycles. The summed E-state index contributed by atoms with van der Waals surface area (Å²) >= 11 is 5.82. The molecule has 0 radical (unpaired) electrons. The molecule has 0 bridgehead atoms. The molecule has 0 saturated carbocycles. The zero-order chi connectivity index (χ0) is 20.5. The molecular weight excluding hydrogens is 390 g/mol. The van der Waals surface area contributed by atoms with Crippen LogP contribution in [0.3, 0.4) is 0 Å². The van der Waals surface area contributed by atoms with Crippen LogP contribution in [-0.4, -0.2) is 43.1 Å². The Labute approximate surface area is 176 Å². The molecule has 2 aromatic carbocycles. The summed E-state index contributed by atoms with van der Waals surface area (Å²) in [6.45, 7) is 2.82. The van der Waals surface area contributed by atoms with Crippen LogP contribution >= 0.6 is 11.6 Å². The molecule has 7 heteroatoms. The maximum absolute atomic E-state index is 12.5. The normalized spacial score (nSPS) is 13.6. The number of urea groups is 1. The summed E-state index contributed by atoms with van der Waals surface area (Å²) in [5.74, 6) is 0.790. The van der Waals surface area contributed by atoms with E-state index in [4.69, 9.17) is 16.3 Å². The van der Waals surface area contributed by atoms with Gasteiger partial charge in [0.2, 0.25) is 0 Å². The SMILES string of the molecule is O=C(NCCOc1ccc(Cl)cc1)NCc1ccc(C(=O)N2CCCCC2)cc1. The van der Waals surface area contributed by atoms with E-state index < -0.39 is 0 Å². The Balaban J connectivity index is 1.35. The molecule has 0 spiro atoms. The van der Waals surface area contributed by atoms with Crippen molar-refractivity contribution in [2.45, 2.75) is 25.8 Å². The summed E-state index contributed by atoms with van der Waals surface area (Å²) in [4.78, 5) is 26.3. The molecule has 1 aliphatic heterocycles. The van der Waals surface area contributed by atoms with Crippen LogP contribution in [0.25, 0.3) is 0 Å². The quantitative estimate of drug-likeness (QED) is 0.675. The van der Waals surface area contributed by atoms with Gasteiger partial charge in [-0.1, -0.05) is 23.7 Å². The lowest BCUT2D eigenvalue weighted by Crippen LogP contribution is -2.37. The van der Waals surface area contributed by atoms with Gasteiger partial charge in [0.05, 0.1) is 6.54 Å². The molecule has 154 valence electrons. The summed E-state index contributed by atoms with van der Waals surface area (Å²) in [5, 5.41) is 6.20. The number of nitrogens with zero attached hydrogens (tertiary/aromatic N) is 1. The molecule has 3 rings (SSSR count). The Morgan fingerprint density at radius 1 is 0.931 bits per heavy atom. The third-order valence-corrected chi connectivity index (χ3v) is 5.02. The first-order chi connectivity index (χ1) is 14.1. The molecule has 0 atom stereocenters. The van der Waals surface area contributed by atoms with Gasteiger partial charge >= 0.3 is 6.03 Å². The zero-order valence-electron chi connectivity index (χ0n) is 16.3. The number of hydrogen-bond donors (Lipinski definition) is 2. The van der Waals surface area contributed by atoms with Gasteiger partial charge in [0.1, 0.15) is 12.4 Å². The topological polar surface area (TPSA) is 70.7 Å². The Bertz CT molecular complexity index is 803. The molecule has 3 amide bonds. The number of nitrogens with one attached hydrogen (secondary N) is 2. The average Bonchev–Trinajstić information content (AvgIpc) is 2.77. The van der Waals surface area contributed by atoms with Crippen LogP contribution in [0.15, 0.2) is 48.5 Å². The molecule has 0 aromatic heterocycles. The van der Waals surface area contributed by atoms with Gasteiger partial charge in [-0.15, -0.1) is 0 Å². The molecule has 0 unspecified atom stereocenters. The van der Waals surface area contributed by atoms with Crippen LogP contribution in [0, 0.1) is 0 Å². The van der Waals surface area contributed by atoms with Crippen LogP contribution < -0.4 is 15.4 Å². The molecule has 1 aliphatic rings. The number of ether oxygens (including phenoxy) is 1. The maximum atomic E-state index is 12.5. The van der Waals surface area contributed by atoms with Crippen molar-refractivity contribution in [1.82, 2.24) is 15.5 Å². The van der Waals surface area contributed by atoms with Gasteiger partial charge in [0, 0.05) is 30.2 Å². The van der Waals surface area contributed by atoms with Gasteiger partial charge in [0.15, 0.2) is 0 Å². The van der Waals surface area contributed by atoms with Crippen LogP contribution in [0.5, 0.6) is 5.75 Å². The van der Waals surface area contributed by atoms with Gasteiger partial charge in [-0.05, 0) is 61.2 Å². The summed E-state index contributed by atoms with van der Waals surface area (Å²) in [5.41, 5.74) is 1.63. The number of halogens is 1. The number of carbonyl (C=O) groups is 2. The van der Waals surface area contributed by atoms with E-state index >= 15 is 0 Å². The molecule has 1 heterocycles. The lowest BCUT2D eigenvalue weighted by atomic mass is 10.1. The highest BCUT2D eigenvalue weighted by Gasteiger charge is 2.17. The van der Waals surface area contributed by atoms with Gasteiger partial charge in [0.25, 0.3) is 5.91 Å². The van der Waals surface area contributed by atoms with Crippen molar-refractivity contribution < 1.29 is 14.3 Å². The third kappa shape index (κ3) is 6.68. The van der Waals surface area contributed by atoms with E-state index in [2.05, 4.69) is 10.6 Å². The lowest BCUT2D eigenvalue weighted by molar-refractivity contribution is 0.0724. The number of likely N-dealkylation sites (tertiary alicyclic amines) is 1. The van der Waals surface area contributed by atoms with Crippen molar-refractivity contribution in [3.63, 3.8) is 0 Å². The van der Waals surface area contributed by atoms with E-state index in [0.29, 0.717) is 36.0 Å². The van der Waals surface area contributed by atoms with E-state index in [1.165, 1.54) is 6.42 Å². The first kappa shape index (κ1) is 21.0. The second-order valence-electron chi connectivity index (χ2n) is 6.96. The Kier molecular flexibility index (Phi) is 7.76. The smallest absolute Gasteiger partial charge is 0.315 e. The van der Waals surface area contributed by atoms with Crippen LogP contribution in [0.1, 0.15) is 35.2 Å². The minimum absolute atomic E-state index is 0.0858. The Morgan fingerprint density at radius 3 is 2.31 bits per heavy atom. The fourth-order valence-corrected chi connectivity index (χ4v) is 3.28. The molecule has 29 heavy (non-hydrogen) atoms. The van der Waals surface area contributed by atoms with Gasteiger partial charge in [-0.2, -0.15) is 0 Å². The third-order valence-electron chi connectivity index (χ3n) is 4.77. The molecule has 2 N–H and O–H groups in total. The molecule has 6 nitrogen and oxygen atoms in total. The number of rotatable bonds is 7. The fourth-order valence-electron chi connectivity index (χ4n) is 3.15. The number of piperidine rings is 1. The molecule has 1 fully saturated rings. The Morgan fingerprint density at radius 2 is 1.62 bits per heavy atom. The fraction of sp³-hybridized carbons (Fsp3) is 0.364. The van der Waals surface area contributed by atoms with Crippen molar-refractivity contribution in [1.29, 1.82) is 0 Å². The van der Waals surface area contributed by atoms with E-state index in [0.717, 1.165) is 31.5 Å². The van der Waals surface area contributed by atoms with Crippen LogP contribution in [0.2, 0.25) is 5.02 Å². The predicted octanol–water partition coefficient (Wildman–Crippen LogP) is 3.84. The number of carbonyl (C=O) groups excluding carboxylic acids is 2. The number of hydrogen-bond acceptors (Lipinski definition) is 3. The Hall–Kier alpha value is -2.73. The summed E-state index contributed by atoms with van der Waals surface area (Å²) in [6, 6.07) is 14.2. The maximum Gasteiger partial charge on any atom is 0.315 e. The van der Waals surface area contributed by atoms with Crippen LogP contribution in [0.4, 0.5) is 4.79 Å². The van der Waals surface area contributed by atoms with Crippen molar-refractivity contribution in [2.75, 3.05) is 26.2 Å². The monoisotopic (exact) mass is 415 g/mol. The molecule has 0 aliphatic carbocycles. The summed E-state index contributed by atoms with van der Waals surface area (Å²) < 4.78 is 5.52. The van der Waals surface area contributed by atoms with Crippen molar-refractivity contribution in [2.24, 2.45) is 0 Å². The highest BCUT2D eigenvalue weighted by molar-refractivity contribution is 6.30. The second-order valence-corrected chi connectivity index (χ2v) is 7.40. The predicted molar refractivity (Wildman–Crippen MR) is 113 cm³/mol. The van der Waals surface area contributed by atoms with E-state index in [1.807, 2.05) is 29.2 Å². The number of benzene rings is 2. The second kappa shape index (κ2) is 10.7. The van der Waals surface area contributed by atoms with Crippen molar-refractivity contribution in [3.8, 4) is 5.75 Å². The first-order valence-corrected chi connectivity index (χ1v) is 10.3. The lowest BCUT2D eigenvalue weighted by Gasteiger charge is -2.26. The first-order valence-electron chi connectivity index (χ1n) is 9.90. The standard InChI is InChI=1S/C22H26ClN3O3/c23-19-8-10-20(11-9-19)29-15-12-24-22(28)25-16-17-4-6-18(7-5-17)21(27)26-13-2-1-3-14-26/h4-11H,1-3,12-16H2,(H2,24,25,28). The minimum atomic E-state index is -0.266. The number of amides is 3. The average molecular weight is 416 g/mol. The summed E-state index contributed by atoms with van der Waals surface area (Å²) in [7, 11) is 0. The van der Waals surface area contributed by atoms with Gasteiger partial charge < -0.3 is 20.3 Å². The largest absolute Gasteiger partial charge is 0.492 e. The summed E-state index contributed by atoms with van der Waals surface area (Å²) in [6.07, 6.45) is 3.35. The van der Waals surface area contributed by atoms with Crippen molar-refractivity contribution in [3.05, 3.63) is 64.7 Å². The van der Waals surface area contributed by atoms with Crippen molar-refractivity contribution >= 4 is 23.5 Å². The highest BCUT2D eigenvalue weighted by Crippen LogP contribution is 2.15. The molecule has 2 aromatic rings. The van der Waals surface area contributed by atoms with Gasteiger partial charge in [-0.25, -0.2) is 4.79 Å². The van der Waals surface area contributed by atoms with Gasteiger partial charge in [-0.3, -0.25) is 4.79 Å². The van der Waals surface area contributed by atoms with E-state index in [-0.39, 0.29) is 11.9 Å². The highest BCUT2D eigenvalue weighted by atomic mass is 35.5. The zero-order valence-corrected chi connectivity index (χ0v) is 17.1. The van der Waals surface area contributed by atoms with E-state index in [9.17, 15) is 9.59 Å². The van der Waals surface area contributed by atoms with E-state index in [1.54, 1.807) is 24.3 Å². The van der Waals surface area contributed by atoms with Crippen LogP contribution in [-0.2, 0) is 6.54 Å². The minimum Gasteiger partial charge on any atom is -0.492 e.